The SMILES string of the molecule is COc1ccc(C(=O)c2ccc(Cl)o2)c(OC)c1. The van der Waals surface area contributed by atoms with Gasteiger partial charge in [-0.3, -0.25) is 4.79 Å². The number of hydrogen-bond donors (Lipinski definition) is 0. The van der Waals surface area contributed by atoms with Gasteiger partial charge in [0.2, 0.25) is 5.78 Å². The molecule has 0 saturated carbocycles. The van der Waals surface area contributed by atoms with E-state index in [4.69, 9.17) is 25.5 Å². The molecule has 0 spiro atoms. The van der Waals surface area contributed by atoms with E-state index in [1.54, 1.807) is 25.3 Å². The zero-order valence-electron chi connectivity index (χ0n) is 9.90. The highest BCUT2D eigenvalue weighted by molar-refractivity contribution is 6.29. The lowest BCUT2D eigenvalue weighted by atomic mass is 10.1. The minimum Gasteiger partial charge on any atom is -0.497 e. The number of carbonyl (C=O) groups is 1. The van der Waals surface area contributed by atoms with Crippen LogP contribution in [0.25, 0.3) is 0 Å². The lowest BCUT2D eigenvalue weighted by Crippen LogP contribution is -2.03. The van der Waals surface area contributed by atoms with Crippen LogP contribution in [0.1, 0.15) is 16.1 Å². The maximum atomic E-state index is 12.2. The first-order valence-corrected chi connectivity index (χ1v) is 5.55. The Morgan fingerprint density at radius 3 is 2.50 bits per heavy atom. The van der Waals surface area contributed by atoms with E-state index in [0.29, 0.717) is 17.1 Å². The van der Waals surface area contributed by atoms with Crippen molar-refractivity contribution in [3.05, 3.63) is 46.9 Å². The summed E-state index contributed by atoms with van der Waals surface area (Å²) in [6, 6.07) is 7.98. The molecule has 0 fully saturated rings. The number of rotatable bonds is 4. The monoisotopic (exact) mass is 266 g/mol. The molecule has 1 heterocycles. The van der Waals surface area contributed by atoms with Crippen molar-refractivity contribution in [2.75, 3.05) is 14.2 Å². The molecule has 18 heavy (non-hydrogen) atoms. The molecule has 2 rings (SSSR count). The van der Waals surface area contributed by atoms with Gasteiger partial charge >= 0.3 is 0 Å². The lowest BCUT2D eigenvalue weighted by molar-refractivity contribution is 0.101. The Bertz CT molecular complexity index is 574. The summed E-state index contributed by atoms with van der Waals surface area (Å²) in [6.07, 6.45) is 0. The Balaban J connectivity index is 2.41. The van der Waals surface area contributed by atoms with Crippen molar-refractivity contribution < 1.29 is 18.7 Å². The highest BCUT2D eigenvalue weighted by atomic mass is 35.5. The average Bonchev–Trinajstić information content (AvgIpc) is 2.83. The Morgan fingerprint density at radius 1 is 1.17 bits per heavy atom. The van der Waals surface area contributed by atoms with Gasteiger partial charge in [0.25, 0.3) is 0 Å². The summed E-state index contributed by atoms with van der Waals surface area (Å²) < 4.78 is 15.3. The lowest BCUT2D eigenvalue weighted by Gasteiger charge is -2.08. The van der Waals surface area contributed by atoms with Gasteiger partial charge < -0.3 is 13.9 Å². The Morgan fingerprint density at radius 2 is 1.94 bits per heavy atom. The van der Waals surface area contributed by atoms with Crippen LogP contribution in [0, 0.1) is 0 Å². The molecule has 0 radical (unpaired) electrons. The van der Waals surface area contributed by atoms with Gasteiger partial charge in [0, 0.05) is 6.07 Å². The zero-order valence-corrected chi connectivity index (χ0v) is 10.7. The molecular weight excluding hydrogens is 256 g/mol. The normalized spacial score (nSPS) is 10.2. The molecule has 0 aliphatic carbocycles. The number of ether oxygens (including phenoxy) is 2. The van der Waals surface area contributed by atoms with Gasteiger partial charge in [-0.25, -0.2) is 0 Å². The van der Waals surface area contributed by atoms with Gasteiger partial charge in [0.15, 0.2) is 11.0 Å². The van der Waals surface area contributed by atoms with Crippen molar-refractivity contribution >= 4 is 17.4 Å². The fourth-order valence-corrected chi connectivity index (χ4v) is 1.70. The predicted octanol–water partition coefficient (Wildman–Crippen LogP) is 3.18. The number of hydrogen-bond acceptors (Lipinski definition) is 4. The van der Waals surface area contributed by atoms with E-state index in [1.807, 2.05) is 0 Å². The van der Waals surface area contributed by atoms with Gasteiger partial charge in [0.1, 0.15) is 11.5 Å². The fraction of sp³-hybridized carbons (Fsp3) is 0.154. The van der Waals surface area contributed by atoms with Crippen LogP contribution in [0.4, 0.5) is 0 Å². The third kappa shape index (κ3) is 2.33. The van der Waals surface area contributed by atoms with E-state index in [9.17, 15) is 4.79 Å². The van der Waals surface area contributed by atoms with E-state index in [-0.39, 0.29) is 16.8 Å². The molecule has 1 aromatic heterocycles. The Labute approximate surface area is 109 Å². The summed E-state index contributed by atoms with van der Waals surface area (Å²) in [5.41, 5.74) is 0.393. The second kappa shape index (κ2) is 5.14. The minimum atomic E-state index is -0.290. The van der Waals surface area contributed by atoms with E-state index in [0.717, 1.165) is 0 Å². The largest absolute Gasteiger partial charge is 0.497 e. The molecule has 0 atom stereocenters. The topological polar surface area (TPSA) is 48.7 Å². The smallest absolute Gasteiger partial charge is 0.231 e. The van der Waals surface area contributed by atoms with Crippen LogP contribution in [-0.2, 0) is 0 Å². The highest BCUT2D eigenvalue weighted by Crippen LogP contribution is 2.27. The number of carbonyl (C=O) groups excluding carboxylic acids is 1. The van der Waals surface area contributed by atoms with Crippen molar-refractivity contribution in [3.63, 3.8) is 0 Å². The van der Waals surface area contributed by atoms with Gasteiger partial charge in [-0.05, 0) is 35.9 Å². The molecule has 0 aliphatic rings. The molecule has 0 aliphatic heterocycles. The van der Waals surface area contributed by atoms with Crippen molar-refractivity contribution in [2.24, 2.45) is 0 Å². The third-order valence-electron chi connectivity index (χ3n) is 2.45. The second-order valence-corrected chi connectivity index (χ2v) is 3.87. The molecule has 0 N–H and O–H groups in total. The molecule has 0 saturated heterocycles. The average molecular weight is 267 g/mol. The van der Waals surface area contributed by atoms with Crippen LogP contribution < -0.4 is 9.47 Å². The van der Waals surface area contributed by atoms with Crippen molar-refractivity contribution in [1.29, 1.82) is 0 Å². The number of ketones is 1. The quantitative estimate of drug-likeness (QED) is 0.798. The maximum Gasteiger partial charge on any atom is 0.231 e. The predicted molar refractivity (Wildman–Crippen MR) is 66.7 cm³/mol. The number of furan rings is 1. The number of benzene rings is 1. The molecule has 1 aromatic carbocycles. The zero-order chi connectivity index (χ0) is 13.1. The summed E-state index contributed by atoms with van der Waals surface area (Å²) >= 11 is 5.64. The molecule has 94 valence electrons. The van der Waals surface area contributed by atoms with E-state index < -0.39 is 0 Å². The summed E-state index contributed by atoms with van der Waals surface area (Å²) in [5.74, 6) is 0.914. The highest BCUT2D eigenvalue weighted by Gasteiger charge is 2.18. The second-order valence-electron chi connectivity index (χ2n) is 3.50. The van der Waals surface area contributed by atoms with Crippen molar-refractivity contribution in [1.82, 2.24) is 0 Å². The van der Waals surface area contributed by atoms with E-state index in [1.165, 1.54) is 19.2 Å². The van der Waals surface area contributed by atoms with Gasteiger partial charge in [-0.1, -0.05) is 0 Å². The van der Waals surface area contributed by atoms with Crippen LogP contribution in [-0.4, -0.2) is 20.0 Å². The molecule has 0 bridgehead atoms. The van der Waals surface area contributed by atoms with Gasteiger partial charge in [-0.2, -0.15) is 0 Å². The number of halogens is 1. The first-order chi connectivity index (χ1) is 8.65. The Hall–Kier alpha value is -1.94. The van der Waals surface area contributed by atoms with Crippen LogP contribution >= 0.6 is 11.6 Å². The summed E-state index contributed by atoms with van der Waals surface area (Å²) in [5, 5.41) is 0.172. The van der Waals surface area contributed by atoms with Crippen LogP contribution in [0.15, 0.2) is 34.7 Å². The molecule has 0 amide bonds. The fourth-order valence-electron chi connectivity index (χ4n) is 1.56. The summed E-state index contributed by atoms with van der Waals surface area (Å²) in [4.78, 5) is 12.2. The third-order valence-corrected chi connectivity index (χ3v) is 2.65. The molecule has 5 heteroatoms. The van der Waals surface area contributed by atoms with Crippen molar-refractivity contribution in [2.45, 2.75) is 0 Å². The minimum absolute atomic E-state index is 0.170. The first kappa shape index (κ1) is 12.5. The molecular formula is C13H11ClO4. The van der Waals surface area contributed by atoms with E-state index >= 15 is 0 Å². The molecule has 0 unspecified atom stereocenters. The summed E-state index contributed by atoms with van der Waals surface area (Å²) in [7, 11) is 3.03. The van der Waals surface area contributed by atoms with Crippen LogP contribution in [0.5, 0.6) is 11.5 Å². The van der Waals surface area contributed by atoms with Gasteiger partial charge in [0.05, 0.1) is 19.8 Å². The first-order valence-electron chi connectivity index (χ1n) is 5.17. The standard InChI is InChI=1S/C13H11ClO4/c1-16-8-3-4-9(11(7-8)17-2)13(15)10-5-6-12(14)18-10/h3-7H,1-2H3. The van der Waals surface area contributed by atoms with Crippen molar-refractivity contribution in [3.8, 4) is 11.5 Å². The Kier molecular flexibility index (Phi) is 3.58. The summed E-state index contributed by atoms with van der Waals surface area (Å²) in [6.45, 7) is 0. The molecule has 2 aromatic rings. The van der Waals surface area contributed by atoms with Gasteiger partial charge in [-0.15, -0.1) is 0 Å². The number of methoxy groups -OCH3 is 2. The van der Waals surface area contributed by atoms with Crippen LogP contribution in [0.2, 0.25) is 5.22 Å². The van der Waals surface area contributed by atoms with E-state index in [2.05, 4.69) is 0 Å². The van der Waals surface area contributed by atoms with Crippen LogP contribution in [0.3, 0.4) is 0 Å². The maximum absolute atomic E-state index is 12.2. The molecule has 4 nitrogen and oxygen atoms in total.